The van der Waals surface area contributed by atoms with E-state index >= 15 is 0 Å². The number of carbonyl (C=O) groups is 1. The van der Waals surface area contributed by atoms with Gasteiger partial charge in [0, 0.05) is 5.75 Å². The molecule has 0 aromatic heterocycles. The van der Waals surface area contributed by atoms with Crippen molar-refractivity contribution in [2.75, 3.05) is 20.0 Å². The van der Waals surface area contributed by atoms with Gasteiger partial charge in [-0.3, -0.25) is 4.79 Å². The van der Waals surface area contributed by atoms with E-state index in [-0.39, 0.29) is 11.9 Å². The number of methoxy groups -OCH3 is 2. The van der Waals surface area contributed by atoms with Crippen LogP contribution >= 0.6 is 11.8 Å². The Bertz CT molecular complexity index is 733. The van der Waals surface area contributed by atoms with Gasteiger partial charge < -0.3 is 14.8 Å². The van der Waals surface area contributed by atoms with Gasteiger partial charge in [-0.1, -0.05) is 37.3 Å². The van der Waals surface area contributed by atoms with Crippen molar-refractivity contribution in [3.05, 3.63) is 59.2 Å². The first kappa shape index (κ1) is 20.2. The first-order valence-electron chi connectivity index (χ1n) is 8.72. The molecule has 0 spiro atoms. The first-order chi connectivity index (χ1) is 12.6. The number of nitrogens with one attached hydrogen (secondary N) is 1. The van der Waals surface area contributed by atoms with Crippen molar-refractivity contribution in [3.8, 4) is 11.5 Å². The van der Waals surface area contributed by atoms with Gasteiger partial charge in [0.05, 0.1) is 26.0 Å². The molecule has 26 heavy (non-hydrogen) atoms. The molecule has 0 aliphatic rings. The minimum absolute atomic E-state index is 0.0404. The Hall–Kier alpha value is -2.14. The molecule has 2 rings (SSSR count). The van der Waals surface area contributed by atoms with E-state index in [1.165, 1.54) is 11.1 Å². The maximum atomic E-state index is 12.4. The first-order valence-corrected chi connectivity index (χ1v) is 9.88. The summed E-state index contributed by atoms with van der Waals surface area (Å²) >= 11 is 1.63. The van der Waals surface area contributed by atoms with Gasteiger partial charge in [-0.25, -0.2) is 0 Å². The van der Waals surface area contributed by atoms with Crippen molar-refractivity contribution >= 4 is 17.7 Å². The number of hydrogen-bond acceptors (Lipinski definition) is 4. The third-order valence-corrected chi connectivity index (χ3v) is 5.29. The van der Waals surface area contributed by atoms with Gasteiger partial charge in [-0.15, -0.1) is 11.8 Å². The van der Waals surface area contributed by atoms with Gasteiger partial charge in [-0.05, 0) is 42.2 Å². The molecule has 0 aliphatic heterocycles. The van der Waals surface area contributed by atoms with E-state index in [1.807, 2.05) is 30.3 Å². The summed E-state index contributed by atoms with van der Waals surface area (Å²) < 4.78 is 10.6. The molecule has 140 valence electrons. The van der Waals surface area contributed by atoms with E-state index in [0.717, 1.165) is 17.7 Å². The Morgan fingerprint density at radius 3 is 2.50 bits per heavy atom. The molecule has 5 heteroatoms. The van der Waals surface area contributed by atoms with E-state index in [9.17, 15) is 4.79 Å². The maximum Gasteiger partial charge on any atom is 0.230 e. The van der Waals surface area contributed by atoms with Crippen LogP contribution in [0.2, 0.25) is 0 Å². The Kier molecular flexibility index (Phi) is 7.85. The van der Waals surface area contributed by atoms with Crippen LogP contribution in [0.4, 0.5) is 0 Å². The summed E-state index contributed by atoms with van der Waals surface area (Å²) in [7, 11) is 3.23. The minimum atomic E-state index is -0.0404. The van der Waals surface area contributed by atoms with E-state index in [1.54, 1.807) is 26.0 Å². The average Bonchev–Trinajstić information content (AvgIpc) is 2.67. The van der Waals surface area contributed by atoms with Crippen LogP contribution in [-0.4, -0.2) is 25.9 Å². The molecule has 0 unspecified atom stereocenters. The third kappa shape index (κ3) is 5.43. The quantitative estimate of drug-likeness (QED) is 0.702. The largest absolute Gasteiger partial charge is 0.493 e. The molecule has 0 aliphatic carbocycles. The zero-order valence-corrected chi connectivity index (χ0v) is 16.7. The molecule has 2 aromatic carbocycles. The summed E-state index contributed by atoms with van der Waals surface area (Å²) in [6.45, 7) is 4.16. The van der Waals surface area contributed by atoms with Crippen molar-refractivity contribution in [1.29, 1.82) is 0 Å². The lowest BCUT2D eigenvalue weighted by Crippen LogP contribution is -2.29. The average molecular weight is 374 g/mol. The SMILES string of the molecule is CC[C@@H](NC(=O)CSCc1ccccc1C)c1ccc(OC)c(OC)c1. The van der Waals surface area contributed by atoms with Crippen LogP contribution in [-0.2, 0) is 10.5 Å². The predicted molar refractivity (Wildman–Crippen MR) is 108 cm³/mol. The van der Waals surface area contributed by atoms with Crippen molar-refractivity contribution < 1.29 is 14.3 Å². The molecule has 0 radical (unpaired) electrons. The summed E-state index contributed by atoms with van der Waals surface area (Å²) in [5.41, 5.74) is 3.55. The molecule has 1 amide bonds. The highest BCUT2D eigenvalue weighted by atomic mass is 32.2. The van der Waals surface area contributed by atoms with Crippen molar-refractivity contribution in [1.82, 2.24) is 5.32 Å². The number of ether oxygens (including phenoxy) is 2. The van der Waals surface area contributed by atoms with E-state index < -0.39 is 0 Å². The van der Waals surface area contributed by atoms with Gasteiger partial charge in [0.2, 0.25) is 5.91 Å². The lowest BCUT2D eigenvalue weighted by molar-refractivity contribution is -0.119. The normalized spacial score (nSPS) is 11.7. The summed E-state index contributed by atoms with van der Waals surface area (Å²) in [6.07, 6.45) is 0.809. The molecule has 0 heterocycles. The van der Waals surface area contributed by atoms with Gasteiger partial charge in [0.25, 0.3) is 0 Å². The smallest absolute Gasteiger partial charge is 0.230 e. The monoisotopic (exact) mass is 373 g/mol. The molecule has 1 N–H and O–H groups in total. The summed E-state index contributed by atoms with van der Waals surface area (Å²) in [6, 6.07) is 14.0. The number of aryl methyl sites for hydroxylation is 1. The summed E-state index contributed by atoms with van der Waals surface area (Å²) in [5.74, 6) is 2.69. The molecule has 0 saturated carbocycles. The van der Waals surface area contributed by atoms with Gasteiger partial charge in [-0.2, -0.15) is 0 Å². The number of thioether (sulfide) groups is 1. The van der Waals surface area contributed by atoms with Crippen LogP contribution in [0.25, 0.3) is 0 Å². The standard InChI is InChI=1S/C21H27NO3S/c1-5-18(16-10-11-19(24-3)20(12-16)25-4)22-21(23)14-26-13-17-9-7-6-8-15(17)2/h6-12,18H,5,13-14H2,1-4H3,(H,22,23)/t18-/m1/s1. The van der Waals surface area contributed by atoms with E-state index in [0.29, 0.717) is 17.3 Å². The highest BCUT2D eigenvalue weighted by Crippen LogP contribution is 2.31. The van der Waals surface area contributed by atoms with Crippen LogP contribution in [0.1, 0.15) is 36.1 Å². The summed E-state index contributed by atoms with van der Waals surface area (Å²) in [4.78, 5) is 12.4. The second-order valence-electron chi connectivity index (χ2n) is 6.06. The number of hydrogen-bond donors (Lipinski definition) is 1. The van der Waals surface area contributed by atoms with Crippen molar-refractivity contribution in [2.24, 2.45) is 0 Å². The third-order valence-electron chi connectivity index (χ3n) is 4.31. The molecular weight excluding hydrogens is 346 g/mol. The van der Waals surface area contributed by atoms with Crippen molar-refractivity contribution in [2.45, 2.75) is 32.1 Å². The molecule has 0 bridgehead atoms. The van der Waals surface area contributed by atoms with E-state index in [4.69, 9.17) is 9.47 Å². The fraction of sp³-hybridized carbons (Fsp3) is 0.381. The van der Waals surface area contributed by atoms with Crippen molar-refractivity contribution in [3.63, 3.8) is 0 Å². The maximum absolute atomic E-state index is 12.4. The van der Waals surface area contributed by atoms with Crippen LogP contribution in [0, 0.1) is 6.92 Å². The van der Waals surface area contributed by atoms with E-state index in [2.05, 4.69) is 31.3 Å². The number of amides is 1. The lowest BCUT2D eigenvalue weighted by atomic mass is 10.0. The van der Waals surface area contributed by atoms with Gasteiger partial charge in [0.15, 0.2) is 11.5 Å². The molecule has 4 nitrogen and oxygen atoms in total. The number of rotatable bonds is 9. The zero-order valence-electron chi connectivity index (χ0n) is 15.9. The Balaban J connectivity index is 1.92. The molecular formula is C21H27NO3S. The van der Waals surface area contributed by atoms with Crippen LogP contribution in [0.3, 0.4) is 0 Å². The highest BCUT2D eigenvalue weighted by Gasteiger charge is 2.15. The summed E-state index contributed by atoms with van der Waals surface area (Å²) in [5, 5.41) is 3.12. The fourth-order valence-electron chi connectivity index (χ4n) is 2.75. The minimum Gasteiger partial charge on any atom is -0.493 e. The second kappa shape index (κ2) is 10.1. The van der Waals surface area contributed by atoms with Crippen LogP contribution < -0.4 is 14.8 Å². The van der Waals surface area contributed by atoms with Crippen LogP contribution in [0.15, 0.2) is 42.5 Å². The topological polar surface area (TPSA) is 47.6 Å². The Morgan fingerprint density at radius 2 is 1.85 bits per heavy atom. The lowest BCUT2D eigenvalue weighted by Gasteiger charge is -2.19. The number of benzene rings is 2. The highest BCUT2D eigenvalue weighted by molar-refractivity contribution is 7.99. The molecule has 0 saturated heterocycles. The Morgan fingerprint density at radius 1 is 1.12 bits per heavy atom. The van der Waals surface area contributed by atoms with Crippen LogP contribution in [0.5, 0.6) is 11.5 Å². The van der Waals surface area contributed by atoms with Gasteiger partial charge in [0.1, 0.15) is 0 Å². The molecule has 0 fully saturated rings. The predicted octanol–water partition coefficient (Wildman–Crippen LogP) is 4.51. The Labute approximate surface area is 160 Å². The molecule has 2 aromatic rings. The second-order valence-corrected chi connectivity index (χ2v) is 7.05. The van der Waals surface area contributed by atoms with Gasteiger partial charge >= 0.3 is 0 Å². The molecule has 1 atom stereocenters. The zero-order chi connectivity index (χ0) is 18.9. The fourth-order valence-corrected chi connectivity index (χ4v) is 3.67. The number of carbonyl (C=O) groups excluding carboxylic acids is 1.